The highest BCUT2D eigenvalue weighted by molar-refractivity contribution is 6.08. The van der Waals surface area contributed by atoms with Crippen molar-refractivity contribution in [3.8, 4) is 11.3 Å². The first-order valence-electron chi connectivity index (χ1n) is 8.49. The molecule has 1 aromatic carbocycles. The first-order chi connectivity index (χ1) is 13.0. The van der Waals surface area contributed by atoms with Gasteiger partial charge in [0, 0.05) is 30.3 Å². The number of fused-ring (bicyclic) bond motifs is 3. The molecule has 27 heavy (non-hydrogen) atoms. The van der Waals surface area contributed by atoms with Gasteiger partial charge in [-0.25, -0.2) is 4.98 Å². The number of hydrogen-bond donors (Lipinski definition) is 4. The third kappa shape index (κ3) is 3.20. The number of nitrogen functional groups attached to an aromatic ring is 1. The van der Waals surface area contributed by atoms with Crippen molar-refractivity contribution in [1.29, 1.82) is 0 Å². The molecule has 0 aliphatic heterocycles. The van der Waals surface area contributed by atoms with Crippen LogP contribution < -0.4 is 11.1 Å². The van der Waals surface area contributed by atoms with Crippen molar-refractivity contribution >= 4 is 33.5 Å². The molecule has 5 N–H and O–H groups in total. The van der Waals surface area contributed by atoms with Crippen LogP contribution in [0.5, 0.6) is 0 Å². The minimum Gasteiger partial charge on any atom is -0.394 e. The molecule has 1 atom stereocenters. The molecule has 0 spiro atoms. The first kappa shape index (κ1) is 17.0. The van der Waals surface area contributed by atoms with Crippen LogP contribution in [0, 0.1) is 0 Å². The van der Waals surface area contributed by atoms with Crippen LogP contribution in [-0.4, -0.2) is 48.6 Å². The van der Waals surface area contributed by atoms with Gasteiger partial charge in [0.25, 0.3) is 0 Å². The number of nitrogens with zero attached hydrogens (tertiary/aromatic N) is 4. The molecule has 138 valence electrons. The summed E-state index contributed by atoms with van der Waals surface area (Å²) in [4.78, 5) is 15.7. The van der Waals surface area contributed by atoms with Crippen molar-refractivity contribution in [1.82, 2.24) is 30.3 Å². The Kier molecular flexibility index (Phi) is 4.21. The summed E-state index contributed by atoms with van der Waals surface area (Å²) < 4.78 is 1.67. The maximum absolute atomic E-state index is 11.2. The second-order valence-corrected chi connectivity index (χ2v) is 6.38. The van der Waals surface area contributed by atoms with E-state index < -0.39 is 6.04 Å². The molecule has 1 unspecified atom stereocenters. The minimum atomic E-state index is -0.427. The highest BCUT2D eigenvalue weighted by atomic mass is 16.3. The zero-order chi connectivity index (χ0) is 19.0. The van der Waals surface area contributed by atoms with E-state index in [1.807, 2.05) is 24.3 Å². The van der Waals surface area contributed by atoms with E-state index in [1.165, 1.54) is 6.92 Å². The van der Waals surface area contributed by atoms with Crippen molar-refractivity contribution in [3.05, 3.63) is 36.7 Å². The van der Waals surface area contributed by atoms with E-state index in [4.69, 9.17) is 5.73 Å². The van der Waals surface area contributed by atoms with Gasteiger partial charge in [0.05, 0.1) is 35.8 Å². The number of carbonyl (C=O) groups is 1. The van der Waals surface area contributed by atoms with Gasteiger partial charge in [0.1, 0.15) is 11.3 Å². The third-order valence-electron chi connectivity index (χ3n) is 4.36. The predicted octanol–water partition coefficient (Wildman–Crippen LogP) is 1.05. The minimum absolute atomic E-state index is 0.183. The summed E-state index contributed by atoms with van der Waals surface area (Å²) in [5, 5.41) is 25.3. The first-order valence-corrected chi connectivity index (χ1v) is 8.49. The number of rotatable bonds is 5. The van der Waals surface area contributed by atoms with E-state index in [-0.39, 0.29) is 12.5 Å². The molecule has 4 aromatic rings. The van der Waals surface area contributed by atoms with Crippen molar-refractivity contribution in [2.24, 2.45) is 0 Å². The maximum atomic E-state index is 11.2. The van der Waals surface area contributed by atoms with E-state index in [0.717, 1.165) is 33.1 Å². The molecule has 0 bridgehead atoms. The van der Waals surface area contributed by atoms with Crippen LogP contribution in [0.1, 0.15) is 6.92 Å². The largest absolute Gasteiger partial charge is 0.394 e. The molecule has 9 heteroatoms. The number of pyridine rings is 1. The molecule has 0 fully saturated rings. The Balaban J connectivity index is 1.77. The van der Waals surface area contributed by atoms with Gasteiger partial charge < -0.3 is 16.2 Å². The summed E-state index contributed by atoms with van der Waals surface area (Å²) >= 11 is 0. The number of anilines is 1. The van der Waals surface area contributed by atoms with Gasteiger partial charge in [0.15, 0.2) is 0 Å². The average molecular weight is 365 g/mol. The number of aromatic nitrogens is 5. The van der Waals surface area contributed by atoms with Crippen LogP contribution in [0.4, 0.5) is 5.82 Å². The van der Waals surface area contributed by atoms with Gasteiger partial charge in [-0.15, -0.1) is 0 Å². The summed E-state index contributed by atoms with van der Waals surface area (Å²) in [6.07, 6.45) is 3.54. The topological polar surface area (TPSA) is 135 Å². The Morgan fingerprint density at radius 1 is 1.37 bits per heavy atom. The number of amides is 1. The van der Waals surface area contributed by atoms with Gasteiger partial charge in [-0.1, -0.05) is 6.07 Å². The van der Waals surface area contributed by atoms with E-state index in [2.05, 4.69) is 25.6 Å². The van der Waals surface area contributed by atoms with Crippen LogP contribution in [0.2, 0.25) is 0 Å². The van der Waals surface area contributed by atoms with Crippen LogP contribution in [0.15, 0.2) is 36.7 Å². The molecule has 0 aliphatic carbocycles. The summed E-state index contributed by atoms with van der Waals surface area (Å²) in [6.45, 7) is 1.56. The molecule has 9 nitrogen and oxygen atoms in total. The number of nitrogens with one attached hydrogen (secondary N) is 2. The Hall–Kier alpha value is -3.46. The maximum Gasteiger partial charge on any atom is 0.217 e. The van der Waals surface area contributed by atoms with Gasteiger partial charge in [-0.2, -0.15) is 10.2 Å². The zero-order valence-corrected chi connectivity index (χ0v) is 14.7. The molecule has 3 heterocycles. The Bertz CT molecular complexity index is 1120. The van der Waals surface area contributed by atoms with Crippen LogP contribution in [-0.2, 0) is 11.3 Å². The summed E-state index contributed by atoms with van der Waals surface area (Å²) in [5.74, 6) is 0.172. The SMILES string of the molecule is CC(=O)NC(CO)Cn1cc2c(N)nc3cc(-c4cc[nH]n4)ccc3c2n1. The Morgan fingerprint density at radius 3 is 2.93 bits per heavy atom. The van der Waals surface area contributed by atoms with E-state index >= 15 is 0 Å². The molecule has 4 rings (SSSR count). The number of aliphatic hydroxyl groups excluding tert-OH is 1. The number of aliphatic hydroxyl groups is 1. The predicted molar refractivity (Wildman–Crippen MR) is 102 cm³/mol. The molecule has 0 aliphatic rings. The van der Waals surface area contributed by atoms with E-state index in [1.54, 1.807) is 17.1 Å². The number of carbonyl (C=O) groups excluding carboxylic acids is 1. The number of hydrogen-bond acceptors (Lipinski definition) is 6. The summed E-state index contributed by atoms with van der Waals surface area (Å²) in [7, 11) is 0. The number of nitrogens with two attached hydrogens (primary N) is 1. The van der Waals surface area contributed by atoms with Crippen LogP contribution in [0.3, 0.4) is 0 Å². The fraction of sp³-hybridized carbons (Fsp3) is 0.222. The fourth-order valence-corrected chi connectivity index (χ4v) is 3.16. The lowest BCUT2D eigenvalue weighted by Crippen LogP contribution is -2.39. The van der Waals surface area contributed by atoms with Gasteiger partial charge >= 0.3 is 0 Å². The molecular weight excluding hydrogens is 346 g/mol. The molecule has 3 aromatic heterocycles. The fourth-order valence-electron chi connectivity index (χ4n) is 3.16. The molecule has 0 saturated heterocycles. The van der Waals surface area contributed by atoms with Crippen molar-refractivity contribution < 1.29 is 9.90 Å². The second kappa shape index (κ2) is 6.69. The van der Waals surface area contributed by atoms with Gasteiger partial charge in [-0.05, 0) is 18.2 Å². The number of H-pyrrole nitrogens is 1. The van der Waals surface area contributed by atoms with E-state index in [9.17, 15) is 9.90 Å². The van der Waals surface area contributed by atoms with Crippen molar-refractivity contribution in [3.63, 3.8) is 0 Å². The number of benzene rings is 1. The van der Waals surface area contributed by atoms with Gasteiger partial charge in [0.2, 0.25) is 5.91 Å². The Morgan fingerprint density at radius 2 is 2.22 bits per heavy atom. The lowest BCUT2D eigenvalue weighted by atomic mass is 10.1. The lowest BCUT2D eigenvalue weighted by Gasteiger charge is -2.14. The third-order valence-corrected chi connectivity index (χ3v) is 4.36. The standard InChI is InChI=1S/C18H19N7O2/c1-10(27)21-12(9-26)7-25-8-14-17(24-25)13-3-2-11(15-4-5-20-23-15)6-16(13)22-18(14)19/h2-6,8,12,26H,7,9H2,1H3,(H2,19,22)(H,20,23)(H,21,27). The average Bonchev–Trinajstić information content (AvgIpc) is 3.30. The number of aromatic amines is 1. The smallest absolute Gasteiger partial charge is 0.217 e. The lowest BCUT2D eigenvalue weighted by molar-refractivity contribution is -0.120. The van der Waals surface area contributed by atoms with Gasteiger partial charge in [-0.3, -0.25) is 14.6 Å². The summed E-state index contributed by atoms with van der Waals surface area (Å²) in [6, 6.07) is 7.29. The van der Waals surface area contributed by atoms with Crippen LogP contribution in [0.25, 0.3) is 33.1 Å². The quantitative estimate of drug-likeness (QED) is 0.418. The molecule has 0 radical (unpaired) electrons. The monoisotopic (exact) mass is 365 g/mol. The molecule has 1 amide bonds. The van der Waals surface area contributed by atoms with Crippen molar-refractivity contribution in [2.75, 3.05) is 12.3 Å². The normalized spacial score (nSPS) is 12.5. The molecule has 0 saturated carbocycles. The van der Waals surface area contributed by atoms with E-state index in [0.29, 0.717) is 12.4 Å². The van der Waals surface area contributed by atoms with Crippen molar-refractivity contribution in [2.45, 2.75) is 19.5 Å². The molecular formula is C18H19N7O2. The Labute approximate surface area is 154 Å². The van der Waals surface area contributed by atoms with Crippen LogP contribution >= 0.6 is 0 Å². The summed E-state index contributed by atoms with van der Waals surface area (Å²) in [5.41, 5.74) is 9.35. The highest BCUT2D eigenvalue weighted by Gasteiger charge is 2.15. The highest BCUT2D eigenvalue weighted by Crippen LogP contribution is 2.29. The zero-order valence-electron chi connectivity index (χ0n) is 14.7. The second-order valence-electron chi connectivity index (χ2n) is 6.38.